The van der Waals surface area contributed by atoms with Crippen molar-refractivity contribution in [3.05, 3.63) is 40.7 Å². The number of aryl methyl sites for hydroxylation is 1. The van der Waals surface area contributed by atoms with Crippen molar-refractivity contribution in [2.75, 3.05) is 50.6 Å². The largest absolute Gasteiger partial charge is 0.495 e. The van der Waals surface area contributed by atoms with Crippen molar-refractivity contribution in [1.82, 2.24) is 14.9 Å². The molecular weight excluding hydrogens is 354 g/mol. The van der Waals surface area contributed by atoms with E-state index in [9.17, 15) is 4.79 Å². The molecule has 2 aromatic rings. The Bertz CT molecular complexity index is 806. The predicted octanol–water partition coefficient (Wildman–Crippen LogP) is 2.45. The van der Waals surface area contributed by atoms with Crippen LogP contribution in [0.4, 0.5) is 11.6 Å². The Kier molecular flexibility index (Phi) is 5.58. The topological polar surface area (TPSA) is 70.6 Å². The van der Waals surface area contributed by atoms with E-state index in [-0.39, 0.29) is 5.91 Å². The molecular formula is C18H22ClN5O2. The van der Waals surface area contributed by atoms with Gasteiger partial charge in [-0.05, 0) is 38.2 Å². The molecule has 1 aliphatic heterocycles. The molecule has 0 aliphatic carbocycles. The summed E-state index contributed by atoms with van der Waals surface area (Å²) in [7, 11) is 3.63. The molecule has 3 rings (SSSR count). The number of benzene rings is 1. The fourth-order valence-electron chi connectivity index (χ4n) is 2.78. The number of aromatic nitrogens is 2. The van der Waals surface area contributed by atoms with Gasteiger partial charge < -0.3 is 19.9 Å². The zero-order chi connectivity index (χ0) is 18.7. The number of nitrogens with one attached hydrogen (secondary N) is 1. The van der Waals surface area contributed by atoms with Crippen molar-refractivity contribution >= 4 is 29.1 Å². The van der Waals surface area contributed by atoms with Gasteiger partial charge in [0.25, 0.3) is 5.91 Å². The van der Waals surface area contributed by atoms with Crippen LogP contribution in [0, 0.1) is 6.92 Å². The molecule has 1 N–H and O–H groups in total. The molecule has 138 valence electrons. The van der Waals surface area contributed by atoms with E-state index in [2.05, 4.69) is 32.1 Å². The summed E-state index contributed by atoms with van der Waals surface area (Å²) >= 11 is 6.02. The lowest BCUT2D eigenvalue weighted by molar-refractivity contribution is 0.102. The number of methoxy groups -OCH3 is 1. The number of halogens is 1. The second kappa shape index (κ2) is 7.88. The van der Waals surface area contributed by atoms with Crippen LogP contribution in [0.25, 0.3) is 0 Å². The highest BCUT2D eigenvalue weighted by molar-refractivity contribution is 6.31. The highest BCUT2D eigenvalue weighted by atomic mass is 35.5. The Morgan fingerprint density at radius 1 is 1.19 bits per heavy atom. The van der Waals surface area contributed by atoms with E-state index in [0.717, 1.165) is 31.9 Å². The quantitative estimate of drug-likeness (QED) is 0.885. The Balaban J connectivity index is 1.82. The number of carbonyl (C=O) groups is 1. The second-order valence-corrected chi connectivity index (χ2v) is 6.72. The Morgan fingerprint density at radius 2 is 1.92 bits per heavy atom. The number of hydrogen-bond acceptors (Lipinski definition) is 6. The van der Waals surface area contributed by atoms with Crippen molar-refractivity contribution in [1.29, 1.82) is 0 Å². The number of anilines is 2. The molecule has 1 saturated heterocycles. The first kappa shape index (κ1) is 18.4. The molecule has 8 heteroatoms. The van der Waals surface area contributed by atoms with Gasteiger partial charge in [0.1, 0.15) is 11.4 Å². The number of carbonyl (C=O) groups excluding carboxylic acids is 1. The van der Waals surface area contributed by atoms with E-state index in [1.807, 2.05) is 6.92 Å². The number of amides is 1. The molecule has 0 bridgehead atoms. The standard InChI is InChI=1S/C18H22ClN5O2/c1-12-10-15(22-18(20-12)24-8-6-23(2)7-9-24)17(25)21-14-11-13(19)4-5-16(14)26-3/h4-5,10-11H,6-9H2,1-3H3,(H,21,25). The van der Waals surface area contributed by atoms with E-state index < -0.39 is 0 Å². The fourth-order valence-corrected chi connectivity index (χ4v) is 2.95. The maximum absolute atomic E-state index is 12.7. The first-order valence-electron chi connectivity index (χ1n) is 8.40. The van der Waals surface area contributed by atoms with Crippen LogP contribution >= 0.6 is 11.6 Å². The molecule has 1 fully saturated rings. The van der Waals surface area contributed by atoms with Gasteiger partial charge in [0.15, 0.2) is 0 Å². The summed E-state index contributed by atoms with van der Waals surface area (Å²) < 4.78 is 5.27. The zero-order valence-corrected chi connectivity index (χ0v) is 15.9. The molecule has 7 nitrogen and oxygen atoms in total. The summed E-state index contributed by atoms with van der Waals surface area (Å²) in [6, 6.07) is 6.73. The van der Waals surface area contributed by atoms with Gasteiger partial charge in [-0.2, -0.15) is 0 Å². The van der Waals surface area contributed by atoms with Crippen LogP contribution < -0.4 is 15.0 Å². The molecule has 2 heterocycles. The number of hydrogen-bond donors (Lipinski definition) is 1. The summed E-state index contributed by atoms with van der Waals surface area (Å²) in [4.78, 5) is 26.0. The van der Waals surface area contributed by atoms with E-state index in [0.29, 0.717) is 28.1 Å². The lowest BCUT2D eigenvalue weighted by Crippen LogP contribution is -2.45. The number of rotatable bonds is 4. The first-order valence-corrected chi connectivity index (χ1v) is 8.78. The van der Waals surface area contributed by atoms with Crippen molar-refractivity contribution in [2.45, 2.75) is 6.92 Å². The Labute approximate surface area is 157 Å². The van der Waals surface area contributed by atoms with Gasteiger partial charge in [0, 0.05) is 36.9 Å². The summed E-state index contributed by atoms with van der Waals surface area (Å²) in [6.07, 6.45) is 0. The molecule has 1 aromatic heterocycles. The number of likely N-dealkylation sites (N-methyl/N-ethyl adjacent to an activating group) is 1. The van der Waals surface area contributed by atoms with E-state index in [1.54, 1.807) is 31.4 Å². The van der Waals surface area contributed by atoms with Crippen LogP contribution in [0.2, 0.25) is 5.02 Å². The molecule has 0 radical (unpaired) electrons. The van der Waals surface area contributed by atoms with Crippen LogP contribution in [0.3, 0.4) is 0 Å². The van der Waals surface area contributed by atoms with Crippen LogP contribution in [0.1, 0.15) is 16.2 Å². The number of nitrogens with zero attached hydrogens (tertiary/aromatic N) is 4. The van der Waals surface area contributed by atoms with Crippen LogP contribution in [0.15, 0.2) is 24.3 Å². The van der Waals surface area contributed by atoms with Gasteiger partial charge in [-0.25, -0.2) is 9.97 Å². The molecule has 0 spiro atoms. The minimum absolute atomic E-state index is 0.313. The summed E-state index contributed by atoms with van der Waals surface area (Å²) in [5.41, 5.74) is 1.56. The van der Waals surface area contributed by atoms with Gasteiger partial charge in [-0.3, -0.25) is 4.79 Å². The van der Waals surface area contributed by atoms with E-state index >= 15 is 0 Å². The normalized spacial score (nSPS) is 15.0. The number of ether oxygens (including phenoxy) is 1. The lowest BCUT2D eigenvalue weighted by Gasteiger charge is -2.32. The monoisotopic (exact) mass is 375 g/mol. The Morgan fingerprint density at radius 3 is 2.62 bits per heavy atom. The minimum Gasteiger partial charge on any atom is -0.495 e. The second-order valence-electron chi connectivity index (χ2n) is 6.28. The molecule has 0 unspecified atom stereocenters. The maximum atomic E-state index is 12.7. The average molecular weight is 376 g/mol. The van der Waals surface area contributed by atoms with Gasteiger partial charge in [-0.1, -0.05) is 11.6 Å². The van der Waals surface area contributed by atoms with Gasteiger partial charge in [-0.15, -0.1) is 0 Å². The molecule has 1 aliphatic rings. The summed E-state index contributed by atoms with van der Waals surface area (Å²) in [5, 5.41) is 3.33. The van der Waals surface area contributed by atoms with Crippen molar-refractivity contribution < 1.29 is 9.53 Å². The van der Waals surface area contributed by atoms with Gasteiger partial charge in [0.2, 0.25) is 5.95 Å². The van der Waals surface area contributed by atoms with E-state index in [4.69, 9.17) is 16.3 Å². The van der Waals surface area contributed by atoms with Crippen LogP contribution in [0.5, 0.6) is 5.75 Å². The van der Waals surface area contributed by atoms with Crippen molar-refractivity contribution in [3.63, 3.8) is 0 Å². The van der Waals surface area contributed by atoms with Crippen LogP contribution in [-0.4, -0.2) is 61.1 Å². The lowest BCUT2D eigenvalue weighted by atomic mass is 10.2. The predicted molar refractivity (Wildman–Crippen MR) is 102 cm³/mol. The maximum Gasteiger partial charge on any atom is 0.274 e. The molecule has 1 amide bonds. The molecule has 0 atom stereocenters. The minimum atomic E-state index is -0.327. The van der Waals surface area contributed by atoms with Crippen molar-refractivity contribution in [3.8, 4) is 5.75 Å². The van der Waals surface area contributed by atoms with E-state index in [1.165, 1.54) is 0 Å². The third-order valence-corrected chi connectivity index (χ3v) is 4.51. The SMILES string of the molecule is COc1ccc(Cl)cc1NC(=O)c1cc(C)nc(N2CCN(C)CC2)n1. The molecule has 1 aromatic carbocycles. The summed E-state index contributed by atoms with van der Waals surface area (Å²) in [6.45, 7) is 5.42. The highest BCUT2D eigenvalue weighted by Crippen LogP contribution is 2.28. The highest BCUT2D eigenvalue weighted by Gasteiger charge is 2.19. The molecule has 0 saturated carbocycles. The van der Waals surface area contributed by atoms with Gasteiger partial charge in [0.05, 0.1) is 12.8 Å². The van der Waals surface area contributed by atoms with Crippen LogP contribution in [-0.2, 0) is 0 Å². The third-order valence-electron chi connectivity index (χ3n) is 4.27. The fraction of sp³-hybridized carbons (Fsp3) is 0.389. The third kappa shape index (κ3) is 4.23. The summed E-state index contributed by atoms with van der Waals surface area (Å²) in [5.74, 6) is 0.792. The first-order chi connectivity index (χ1) is 12.5. The number of piperazine rings is 1. The smallest absolute Gasteiger partial charge is 0.274 e. The molecule has 26 heavy (non-hydrogen) atoms. The average Bonchev–Trinajstić information content (AvgIpc) is 2.62. The Hall–Kier alpha value is -2.38. The van der Waals surface area contributed by atoms with Gasteiger partial charge >= 0.3 is 0 Å². The van der Waals surface area contributed by atoms with Crippen molar-refractivity contribution in [2.24, 2.45) is 0 Å². The zero-order valence-electron chi connectivity index (χ0n) is 15.1.